The highest BCUT2D eigenvalue weighted by molar-refractivity contribution is 5.91. The summed E-state index contributed by atoms with van der Waals surface area (Å²) in [7, 11) is 0. The Bertz CT molecular complexity index is 1450. The van der Waals surface area contributed by atoms with E-state index < -0.39 is 36.0 Å². The van der Waals surface area contributed by atoms with Crippen molar-refractivity contribution in [3.05, 3.63) is 90.5 Å². The van der Waals surface area contributed by atoms with E-state index in [9.17, 15) is 14.4 Å². The molecule has 5 rings (SSSR count). The summed E-state index contributed by atoms with van der Waals surface area (Å²) >= 11 is 0. The van der Waals surface area contributed by atoms with Crippen LogP contribution in [0.2, 0.25) is 0 Å². The standard InChI is InChI=1S/C35H41N3O7/c1-5-6-17-29(31(39)32-38(45-32)24(2)25-13-9-7-10-14-25)36-33(40)44-30-22-37(23-35(30,3)4)34(41)43-28-20-18-27(19-21-28)42-26-15-11-8-12-16-26/h7-16,18-21,24,29-30,32H,5-6,17,22-23H2,1-4H3,(H,36,40)/t24-,29?,30-,32?,38?/m1/s1. The second kappa shape index (κ2) is 14.1. The number of amides is 2. The second-order valence-corrected chi connectivity index (χ2v) is 12.2. The molecule has 3 aromatic carbocycles. The first-order valence-electron chi connectivity index (χ1n) is 15.5. The summed E-state index contributed by atoms with van der Waals surface area (Å²) in [6.45, 7) is 8.34. The van der Waals surface area contributed by atoms with Gasteiger partial charge in [-0.3, -0.25) is 9.63 Å². The molecule has 1 N–H and O–H groups in total. The molecular formula is C35H41N3O7. The number of rotatable bonds is 12. The Morgan fingerprint density at radius 2 is 1.56 bits per heavy atom. The van der Waals surface area contributed by atoms with Crippen molar-refractivity contribution in [2.45, 2.75) is 71.4 Å². The zero-order valence-electron chi connectivity index (χ0n) is 26.2. The number of para-hydroxylation sites is 1. The molecule has 0 spiro atoms. The monoisotopic (exact) mass is 615 g/mol. The van der Waals surface area contributed by atoms with Gasteiger partial charge in [-0.25, -0.2) is 9.59 Å². The number of ketones is 1. The molecule has 45 heavy (non-hydrogen) atoms. The first kappa shape index (κ1) is 32.0. The normalized spacial score (nSPS) is 21.3. The highest BCUT2D eigenvalue weighted by Crippen LogP contribution is 2.36. The molecule has 3 unspecified atom stereocenters. The van der Waals surface area contributed by atoms with Gasteiger partial charge >= 0.3 is 12.2 Å². The number of hydroxylamine groups is 2. The van der Waals surface area contributed by atoms with Crippen LogP contribution in [0.15, 0.2) is 84.9 Å². The molecule has 10 nitrogen and oxygen atoms in total. The number of hydrogen-bond donors (Lipinski definition) is 1. The van der Waals surface area contributed by atoms with Crippen molar-refractivity contribution in [3.8, 4) is 17.2 Å². The summed E-state index contributed by atoms with van der Waals surface area (Å²) < 4.78 is 17.2. The van der Waals surface area contributed by atoms with Crippen LogP contribution in [0.5, 0.6) is 17.2 Å². The molecule has 238 valence electrons. The Morgan fingerprint density at radius 1 is 0.933 bits per heavy atom. The fourth-order valence-corrected chi connectivity index (χ4v) is 5.42. The SMILES string of the molecule is CCCCC(NC(=O)O[C@@H]1CN(C(=O)Oc2ccc(Oc3ccccc3)cc2)CC1(C)C)C(=O)C1ON1[C@H](C)c1ccccc1. The molecule has 0 aliphatic carbocycles. The Morgan fingerprint density at radius 3 is 2.22 bits per heavy atom. The van der Waals surface area contributed by atoms with Crippen LogP contribution >= 0.6 is 0 Å². The first-order chi connectivity index (χ1) is 21.6. The van der Waals surface area contributed by atoms with Crippen LogP contribution in [0.4, 0.5) is 9.59 Å². The molecule has 2 amide bonds. The van der Waals surface area contributed by atoms with Crippen LogP contribution in [0.25, 0.3) is 0 Å². The van der Waals surface area contributed by atoms with E-state index in [-0.39, 0.29) is 18.4 Å². The number of hydrogen-bond acceptors (Lipinski definition) is 8. The number of carbonyl (C=O) groups is 3. The van der Waals surface area contributed by atoms with E-state index >= 15 is 0 Å². The lowest BCUT2D eigenvalue weighted by Crippen LogP contribution is -2.46. The number of Topliss-reactive ketones (excluding diaryl/α,β-unsaturated/α-hetero) is 1. The molecule has 3 aromatic rings. The fourth-order valence-electron chi connectivity index (χ4n) is 5.42. The second-order valence-electron chi connectivity index (χ2n) is 12.2. The third kappa shape index (κ3) is 8.20. The summed E-state index contributed by atoms with van der Waals surface area (Å²) in [6.07, 6.45) is -0.470. The average Bonchev–Trinajstić information content (AvgIpc) is 3.78. The van der Waals surface area contributed by atoms with Gasteiger partial charge in [0.25, 0.3) is 0 Å². The number of likely N-dealkylation sites (tertiary alicyclic amines) is 1. The number of carbonyl (C=O) groups excluding carboxylic acids is 3. The summed E-state index contributed by atoms with van der Waals surface area (Å²) in [5.74, 6) is 1.48. The lowest BCUT2D eigenvalue weighted by Gasteiger charge is -2.26. The predicted molar refractivity (Wildman–Crippen MR) is 168 cm³/mol. The van der Waals surface area contributed by atoms with Gasteiger partial charge in [0, 0.05) is 12.0 Å². The topological polar surface area (TPSA) is 110 Å². The highest BCUT2D eigenvalue weighted by atomic mass is 16.8. The summed E-state index contributed by atoms with van der Waals surface area (Å²) in [5.41, 5.74) is 0.500. The van der Waals surface area contributed by atoms with Crippen molar-refractivity contribution in [1.29, 1.82) is 0 Å². The largest absolute Gasteiger partial charge is 0.457 e. The molecule has 2 fully saturated rings. The van der Waals surface area contributed by atoms with Crippen molar-refractivity contribution >= 4 is 18.0 Å². The third-order valence-corrected chi connectivity index (χ3v) is 8.17. The van der Waals surface area contributed by atoms with Crippen LogP contribution in [0.1, 0.15) is 58.6 Å². The molecule has 10 heteroatoms. The third-order valence-electron chi connectivity index (χ3n) is 8.17. The smallest absolute Gasteiger partial charge is 0.415 e. The van der Waals surface area contributed by atoms with E-state index in [1.165, 1.54) is 4.90 Å². The van der Waals surface area contributed by atoms with Gasteiger partial charge in [-0.15, -0.1) is 5.06 Å². The van der Waals surface area contributed by atoms with Crippen LogP contribution in [-0.4, -0.2) is 59.4 Å². The van der Waals surface area contributed by atoms with Gasteiger partial charge in [0.2, 0.25) is 12.0 Å². The van der Waals surface area contributed by atoms with Gasteiger partial charge in [0.15, 0.2) is 0 Å². The summed E-state index contributed by atoms with van der Waals surface area (Å²) in [6, 6.07) is 25.1. The minimum Gasteiger partial charge on any atom is -0.457 e. The summed E-state index contributed by atoms with van der Waals surface area (Å²) in [4.78, 5) is 46.7. The van der Waals surface area contributed by atoms with Gasteiger partial charge in [-0.2, -0.15) is 0 Å². The Balaban J connectivity index is 1.13. The number of benzene rings is 3. The van der Waals surface area contributed by atoms with E-state index in [2.05, 4.69) is 5.32 Å². The lowest BCUT2D eigenvalue weighted by molar-refractivity contribution is -0.122. The van der Waals surface area contributed by atoms with Gasteiger partial charge in [-0.1, -0.05) is 82.1 Å². The maximum absolute atomic E-state index is 13.4. The molecule has 2 aliphatic rings. The van der Waals surface area contributed by atoms with Crippen molar-refractivity contribution < 1.29 is 33.4 Å². The van der Waals surface area contributed by atoms with Gasteiger partial charge in [-0.05, 0) is 55.3 Å². The van der Waals surface area contributed by atoms with Crippen molar-refractivity contribution in [2.75, 3.05) is 13.1 Å². The average molecular weight is 616 g/mol. The minimum atomic E-state index is -0.755. The first-order valence-corrected chi connectivity index (χ1v) is 15.5. The zero-order chi connectivity index (χ0) is 32.0. The number of ether oxygens (including phenoxy) is 3. The molecule has 2 aliphatic heterocycles. The maximum atomic E-state index is 13.4. The molecule has 2 heterocycles. The van der Waals surface area contributed by atoms with Gasteiger partial charge in [0.1, 0.15) is 23.4 Å². The summed E-state index contributed by atoms with van der Waals surface area (Å²) in [5, 5.41) is 4.43. The number of unbranched alkanes of at least 4 members (excludes halogenated alkanes) is 1. The van der Waals surface area contributed by atoms with Gasteiger partial charge in [0.05, 0.1) is 18.6 Å². The molecule has 5 atom stereocenters. The zero-order valence-corrected chi connectivity index (χ0v) is 26.2. The Kier molecular flexibility index (Phi) is 10.0. The van der Waals surface area contributed by atoms with E-state index in [1.54, 1.807) is 29.3 Å². The Labute approximate surface area is 264 Å². The number of nitrogens with zero attached hydrogens (tertiary/aromatic N) is 2. The van der Waals surface area contributed by atoms with Crippen LogP contribution in [-0.2, 0) is 14.4 Å². The maximum Gasteiger partial charge on any atom is 0.415 e. The quantitative estimate of drug-likeness (QED) is 0.220. The van der Waals surface area contributed by atoms with E-state index in [0.29, 0.717) is 30.2 Å². The minimum absolute atomic E-state index is 0.107. The van der Waals surface area contributed by atoms with E-state index in [4.69, 9.17) is 19.0 Å². The predicted octanol–water partition coefficient (Wildman–Crippen LogP) is 6.88. The van der Waals surface area contributed by atoms with E-state index in [0.717, 1.165) is 18.4 Å². The fraction of sp³-hybridized carbons (Fsp3) is 0.400. The molecule has 0 saturated carbocycles. The van der Waals surface area contributed by atoms with Crippen molar-refractivity contribution in [2.24, 2.45) is 5.41 Å². The number of nitrogens with one attached hydrogen (secondary N) is 1. The number of alkyl carbamates (subject to hydrolysis) is 1. The lowest BCUT2D eigenvalue weighted by atomic mass is 9.90. The molecule has 0 aromatic heterocycles. The van der Waals surface area contributed by atoms with Crippen LogP contribution in [0, 0.1) is 5.41 Å². The molecule has 0 radical (unpaired) electrons. The van der Waals surface area contributed by atoms with Crippen molar-refractivity contribution in [3.63, 3.8) is 0 Å². The van der Waals surface area contributed by atoms with Crippen molar-refractivity contribution in [1.82, 2.24) is 15.3 Å². The Hall–Kier alpha value is -4.41. The highest BCUT2D eigenvalue weighted by Gasteiger charge is 2.49. The molecule has 2 saturated heterocycles. The molecule has 0 bridgehead atoms. The van der Waals surface area contributed by atoms with Gasteiger partial charge < -0.3 is 24.4 Å². The van der Waals surface area contributed by atoms with Crippen LogP contribution in [0.3, 0.4) is 0 Å². The van der Waals surface area contributed by atoms with Crippen LogP contribution < -0.4 is 14.8 Å². The molecular weight excluding hydrogens is 574 g/mol. The van der Waals surface area contributed by atoms with E-state index in [1.807, 2.05) is 88.4 Å².